The fraction of sp³-hybridized carbons (Fsp3) is 0.455. The van der Waals surface area contributed by atoms with Gasteiger partial charge in [0.05, 0.1) is 24.3 Å². The van der Waals surface area contributed by atoms with Crippen LogP contribution in [0.5, 0.6) is 0 Å². The summed E-state index contributed by atoms with van der Waals surface area (Å²) in [5, 5.41) is 4.35. The van der Waals surface area contributed by atoms with Crippen LogP contribution in [-0.4, -0.2) is 48.6 Å². The summed E-state index contributed by atoms with van der Waals surface area (Å²) in [6.07, 6.45) is 8.47. The first-order valence-corrected chi connectivity index (χ1v) is 10.00. The molecule has 0 bridgehead atoms. The molecule has 2 heterocycles. The van der Waals surface area contributed by atoms with Crippen molar-refractivity contribution in [1.29, 1.82) is 0 Å². The normalized spacial score (nSPS) is 17.6. The first kappa shape index (κ1) is 18.0. The Labute approximate surface area is 160 Å². The second-order valence-corrected chi connectivity index (χ2v) is 7.26. The highest BCUT2D eigenvalue weighted by molar-refractivity contribution is 6.07. The smallest absolute Gasteiger partial charge is 0.254 e. The molecule has 1 N–H and O–H groups in total. The summed E-state index contributed by atoms with van der Waals surface area (Å²) in [6.45, 7) is 3.35. The molecule has 2 aliphatic rings. The molecule has 1 aliphatic heterocycles. The molecule has 0 radical (unpaired) electrons. The highest BCUT2D eigenvalue weighted by Gasteiger charge is 2.21. The van der Waals surface area contributed by atoms with E-state index in [2.05, 4.69) is 11.4 Å². The van der Waals surface area contributed by atoms with Crippen LogP contribution in [0.1, 0.15) is 42.5 Å². The first-order valence-electron chi connectivity index (χ1n) is 10.00. The molecule has 5 nitrogen and oxygen atoms in total. The number of ether oxygens (including phenoxy) is 1. The van der Waals surface area contributed by atoms with Crippen molar-refractivity contribution in [2.75, 3.05) is 38.2 Å². The molecule has 0 spiro atoms. The van der Waals surface area contributed by atoms with E-state index in [9.17, 15) is 4.79 Å². The molecule has 27 heavy (non-hydrogen) atoms. The summed E-state index contributed by atoms with van der Waals surface area (Å²) in [5.41, 5.74) is 3.12. The maximum absolute atomic E-state index is 13.1. The van der Waals surface area contributed by atoms with Crippen LogP contribution in [0.2, 0.25) is 0 Å². The Hall–Kier alpha value is -2.40. The van der Waals surface area contributed by atoms with E-state index in [1.807, 2.05) is 35.2 Å². The molecule has 0 saturated carbocycles. The van der Waals surface area contributed by atoms with Crippen molar-refractivity contribution in [3.05, 3.63) is 47.5 Å². The lowest BCUT2D eigenvalue weighted by Crippen LogP contribution is -2.40. The lowest BCUT2D eigenvalue weighted by Gasteiger charge is -2.27. The molecule has 1 saturated heterocycles. The number of allylic oxidation sites excluding steroid dienone is 1. The molecule has 1 aromatic carbocycles. The Morgan fingerprint density at radius 1 is 1.19 bits per heavy atom. The van der Waals surface area contributed by atoms with Crippen molar-refractivity contribution in [2.45, 2.75) is 32.1 Å². The molecule has 2 aromatic rings. The maximum atomic E-state index is 13.1. The van der Waals surface area contributed by atoms with Gasteiger partial charge in [0.1, 0.15) is 5.82 Å². The van der Waals surface area contributed by atoms with Crippen LogP contribution in [0.15, 0.2) is 42.0 Å². The van der Waals surface area contributed by atoms with Crippen molar-refractivity contribution in [1.82, 2.24) is 9.88 Å². The molecule has 0 atom stereocenters. The second kappa shape index (κ2) is 8.53. The van der Waals surface area contributed by atoms with Crippen molar-refractivity contribution in [2.24, 2.45) is 0 Å². The predicted octanol–water partition coefficient (Wildman–Crippen LogP) is 4.01. The third-order valence-corrected chi connectivity index (χ3v) is 5.38. The number of anilines is 1. The molecular formula is C22H27N3O2. The SMILES string of the molecule is O=C(c1cc(NCCC2=CCCCC2)nc2ccccc12)N1CCOCC1. The zero-order valence-electron chi connectivity index (χ0n) is 15.7. The number of amides is 1. The van der Waals surface area contributed by atoms with Gasteiger partial charge in [-0.3, -0.25) is 4.79 Å². The summed E-state index contributed by atoms with van der Waals surface area (Å²) in [7, 11) is 0. The van der Waals surface area contributed by atoms with Crippen LogP contribution < -0.4 is 5.32 Å². The number of nitrogens with zero attached hydrogens (tertiary/aromatic N) is 2. The van der Waals surface area contributed by atoms with Crippen LogP contribution in [0.25, 0.3) is 10.9 Å². The zero-order chi connectivity index (χ0) is 18.5. The quantitative estimate of drug-likeness (QED) is 0.814. The minimum absolute atomic E-state index is 0.0648. The Morgan fingerprint density at radius 2 is 2.04 bits per heavy atom. The van der Waals surface area contributed by atoms with Gasteiger partial charge in [-0.15, -0.1) is 0 Å². The summed E-state index contributed by atoms with van der Waals surface area (Å²) in [4.78, 5) is 19.7. The van der Waals surface area contributed by atoms with Gasteiger partial charge in [0.15, 0.2) is 0 Å². The number of pyridine rings is 1. The number of nitrogens with one attached hydrogen (secondary N) is 1. The summed E-state index contributed by atoms with van der Waals surface area (Å²) in [6, 6.07) is 9.79. The van der Waals surface area contributed by atoms with E-state index in [1.54, 1.807) is 5.57 Å². The molecule has 1 fully saturated rings. The summed E-state index contributed by atoms with van der Waals surface area (Å²) in [5.74, 6) is 0.844. The number of carbonyl (C=O) groups excluding carboxylic acids is 1. The van der Waals surface area contributed by atoms with E-state index in [4.69, 9.17) is 9.72 Å². The van der Waals surface area contributed by atoms with E-state index < -0.39 is 0 Å². The predicted molar refractivity (Wildman–Crippen MR) is 108 cm³/mol. The van der Waals surface area contributed by atoms with Crippen LogP contribution >= 0.6 is 0 Å². The number of hydrogen-bond donors (Lipinski definition) is 1. The van der Waals surface area contributed by atoms with Gasteiger partial charge in [0.2, 0.25) is 0 Å². The molecular weight excluding hydrogens is 338 g/mol. The van der Waals surface area contributed by atoms with E-state index in [1.165, 1.54) is 25.7 Å². The Bertz CT molecular complexity index is 841. The average Bonchev–Trinajstić information content (AvgIpc) is 2.74. The van der Waals surface area contributed by atoms with E-state index in [0.29, 0.717) is 26.3 Å². The van der Waals surface area contributed by atoms with Crippen LogP contribution in [0.4, 0.5) is 5.82 Å². The molecule has 5 heteroatoms. The standard InChI is InChI=1S/C22H27N3O2/c26-22(25-12-14-27-15-13-25)19-16-21(24-20-9-5-4-8-18(19)20)23-11-10-17-6-2-1-3-7-17/h4-6,8-9,16H,1-3,7,10-15H2,(H,23,24). The molecule has 1 aliphatic carbocycles. The van der Waals surface area contributed by atoms with E-state index >= 15 is 0 Å². The monoisotopic (exact) mass is 365 g/mol. The van der Waals surface area contributed by atoms with E-state index in [0.717, 1.165) is 35.2 Å². The number of aromatic nitrogens is 1. The van der Waals surface area contributed by atoms with Gasteiger partial charge in [-0.2, -0.15) is 0 Å². The van der Waals surface area contributed by atoms with Crippen molar-refractivity contribution in [3.63, 3.8) is 0 Å². The second-order valence-electron chi connectivity index (χ2n) is 7.26. The average molecular weight is 365 g/mol. The number of fused-ring (bicyclic) bond motifs is 1. The lowest BCUT2D eigenvalue weighted by molar-refractivity contribution is 0.0304. The minimum Gasteiger partial charge on any atom is -0.378 e. The van der Waals surface area contributed by atoms with Gasteiger partial charge >= 0.3 is 0 Å². The van der Waals surface area contributed by atoms with Crippen LogP contribution in [0, 0.1) is 0 Å². The Kier molecular flexibility index (Phi) is 5.68. The van der Waals surface area contributed by atoms with E-state index in [-0.39, 0.29) is 5.91 Å². The Morgan fingerprint density at radius 3 is 2.85 bits per heavy atom. The molecule has 0 unspecified atom stereocenters. The summed E-state index contributed by atoms with van der Waals surface area (Å²) < 4.78 is 5.38. The number of rotatable bonds is 5. The fourth-order valence-corrected chi connectivity index (χ4v) is 3.86. The Balaban J connectivity index is 1.54. The van der Waals surface area contributed by atoms with Crippen LogP contribution in [0.3, 0.4) is 0 Å². The number of carbonyl (C=O) groups is 1. The summed E-state index contributed by atoms with van der Waals surface area (Å²) >= 11 is 0. The zero-order valence-corrected chi connectivity index (χ0v) is 15.7. The topological polar surface area (TPSA) is 54.5 Å². The number of morpholine rings is 1. The lowest BCUT2D eigenvalue weighted by atomic mass is 9.97. The first-order chi connectivity index (χ1) is 13.3. The fourth-order valence-electron chi connectivity index (χ4n) is 3.86. The van der Waals surface area contributed by atoms with Gasteiger partial charge in [0.25, 0.3) is 5.91 Å². The molecule has 142 valence electrons. The third-order valence-electron chi connectivity index (χ3n) is 5.38. The molecule has 4 rings (SSSR count). The van der Waals surface area contributed by atoms with Gasteiger partial charge in [-0.05, 0) is 44.2 Å². The third kappa shape index (κ3) is 4.30. The van der Waals surface area contributed by atoms with Crippen molar-refractivity contribution < 1.29 is 9.53 Å². The molecule has 1 amide bonds. The van der Waals surface area contributed by atoms with Gasteiger partial charge in [0, 0.05) is 25.0 Å². The largest absolute Gasteiger partial charge is 0.378 e. The number of para-hydroxylation sites is 1. The maximum Gasteiger partial charge on any atom is 0.254 e. The van der Waals surface area contributed by atoms with Gasteiger partial charge in [-0.1, -0.05) is 29.8 Å². The number of hydrogen-bond acceptors (Lipinski definition) is 4. The van der Waals surface area contributed by atoms with Crippen molar-refractivity contribution in [3.8, 4) is 0 Å². The highest BCUT2D eigenvalue weighted by atomic mass is 16.5. The highest BCUT2D eigenvalue weighted by Crippen LogP contribution is 2.24. The van der Waals surface area contributed by atoms with Crippen molar-refractivity contribution >= 4 is 22.6 Å². The van der Waals surface area contributed by atoms with Gasteiger partial charge < -0.3 is 15.0 Å². The van der Waals surface area contributed by atoms with Crippen LogP contribution in [-0.2, 0) is 4.74 Å². The molecule has 1 aromatic heterocycles. The van der Waals surface area contributed by atoms with Gasteiger partial charge in [-0.25, -0.2) is 4.98 Å². The minimum atomic E-state index is 0.0648. The number of benzene rings is 1.